The van der Waals surface area contributed by atoms with Crippen LogP contribution >= 0.6 is 0 Å². The second-order valence-electron chi connectivity index (χ2n) is 4.84. The summed E-state index contributed by atoms with van der Waals surface area (Å²) in [6, 6.07) is 17.4. The smallest absolute Gasteiger partial charge is 0.134 e. The average Bonchev–Trinajstić information content (AvgIpc) is 2.88. The van der Waals surface area contributed by atoms with E-state index >= 15 is 0 Å². The first kappa shape index (κ1) is 12.8. The first-order valence-electron chi connectivity index (χ1n) is 6.77. The van der Waals surface area contributed by atoms with Gasteiger partial charge in [-0.3, -0.25) is 0 Å². The molecule has 0 saturated heterocycles. The second kappa shape index (κ2) is 5.80. The lowest BCUT2D eigenvalue weighted by Gasteiger charge is -2.03. The lowest BCUT2D eigenvalue weighted by atomic mass is 10.1. The van der Waals surface area contributed by atoms with Crippen molar-refractivity contribution in [3.8, 4) is 5.75 Å². The molecule has 0 spiro atoms. The van der Waals surface area contributed by atoms with Crippen molar-refractivity contribution in [2.45, 2.75) is 13.0 Å². The first-order valence-corrected chi connectivity index (χ1v) is 6.77. The number of aromatic hydroxyl groups is 1. The van der Waals surface area contributed by atoms with Crippen LogP contribution in [-0.2, 0) is 13.0 Å². The van der Waals surface area contributed by atoms with Gasteiger partial charge in [-0.2, -0.15) is 0 Å². The van der Waals surface area contributed by atoms with Crippen LogP contribution in [0, 0.1) is 0 Å². The van der Waals surface area contributed by atoms with Crippen LogP contribution in [-0.4, -0.2) is 11.7 Å². The molecule has 0 atom stereocenters. The number of phenols is 1. The number of benzene rings is 2. The predicted molar refractivity (Wildman–Crippen MR) is 79.7 cm³/mol. The van der Waals surface area contributed by atoms with Gasteiger partial charge in [-0.05, 0) is 42.8 Å². The highest BCUT2D eigenvalue weighted by molar-refractivity contribution is 5.77. The molecular weight excluding hydrogens is 250 g/mol. The topological polar surface area (TPSA) is 45.4 Å². The molecule has 102 valence electrons. The molecule has 0 aliphatic rings. The van der Waals surface area contributed by atoms with Gasteiger partial charge < -0.3 is 14.8 Å². The van der Waals surface area contributed by atoms with Crippen molar-refractivity contribution in [1.82, 2.24) is 5.32 Å². The number of hydrogen-bond acceptors (Lipinski definition) is 3. The number of nitrogens with one attached hydrogen (secondary N) is 1. The first-order chi connectivity index (χ1) is 9.81. The van der Waals surface area contributed by atoms with Gasteiger partial charge in [0.05, 0.1) is 6.54 Å². The van der Waals surface area contributed by atoms with E-state index in [9.17, 15) is 5.11 Å². The summed E-state index contributed by atoms with van der Waals surface area (Å²) in [6.45, 7) is 1.61. The van der Waals surface area contributed by atoms with Crippen LogP contribution in [0.15, 0.2) is 59.0 Å². The Morgan fingerprint density at radius 3 is 2.60 bits per heavy atom. The summed E-state index contributed by atoms with van der Waals surface area (Å²) < 4.78 is 5.74. The number of rotatable bonds is 5. The molecule has 0 fully saturated rings. The third-order valence-electron chi connectivity index (χ3n) is 3.30. The van der Waals surface area contributed by atoms with Crippen LogP contribution in [0.25, 0.3) is 11.0 Å². The van der Waals surface area contributed by atoms with E-state index < -0.39 is 0 Å². The SMILES string of the molecule is Oc1ccc(CCNCc2cc3ccccc3o2)cc1. The largest absolute Gasteiger partial charge is 0.508 e. The molecule has 3 nitrogen and oxygen atoms in total. The highest BCUT2D eigenvalue weighted by Crippen LogP contribution is 2.18. The molecular formula is C17H17NO2. The molecule has 3 heteroatoms. The third kappa shape index (κ3) is 3.00. The van der Waals surface area contributed by atoms with Crippen molar-refractivity contribution in [2.75, 3.05) is 6.54 Å². The maximum Gasteiger partial charge on any atom is 0.134 e. The van der Waals surface area contributed by atoms with Gasteiger partial charge in [-0.25, -0.2) is 0 Å². The Morgan fingerprint density at radius 2 is 1.80 bits per heavy atom. The molecule has 0 radical (unpaired) electrons. The van der Waals surface area contributed by atoms with E-state index in [4.69, 9.17) is 4.42 Å². The van der Waals surface area contributed by atoms with E-state index in [1.54, 1.807) is 12.1 Å². The van der Waals surface area contributed by atoms with Gasteiger partial charge in [0.1, 0.15) is 17.1 Å². The van der Waals surface area contributed by atoms with Crippen molar-refractivity contribution in [1.29, 1.82) is 0 Å². The monoisotopic (exact) mass is 267 g/mol. The molecule has 3 aromatic rings. The quantitative estimate of drug-likeness (QED) is 0.696. The molecule has 0 amide bonds. The Balaban J connectivity index is 1.51. The summed E-state index contributed by atoms with van der Waals surface area (Å²) in [5, 5.41) is 13.7. The standard InChI is InChI=1S/C17H17NO2/c19-15-7-5-13(6-8-15)9-10-18-12-16-11-14-3-1-2-4-17(14)20-16/h1-8,11,18-19H,9-10,12H2. The van der Waals surface area contributed by atoms with Crippen LogP contribution in [0.1, 0.15) is 11.3 Å². The van der Waals surface area contributed by atoms with E-state index in [2.05, 4.69) is 17.4 Å². The van der Waals surface area contributed by atoms with Crippen molar-refractivity contribution in [3.63, 3.8) is 0 Å². The Labute approximate surface area is 117 Å². The van der Waals surface area contributed by atoms with E-state index in [1.807, 2.05) is 30.3 Å². The number of hydrogen-bond donors (Lipinski definition) is 2. The number of furan rings is 1. The van der Waals surface area contributed by atoms with Gasteiger partial charge in [0.15, 0.2) is 0 Å². The van der Waals surface area contributed by atoms with Gasteiger partial charge in [0, 0.05) is 5.39 Å². The van der Waals surface area contributed by atoms with Gasteiger partial charge in [-0.1, -0.05) is 30.3 Å². The summed E-state index contributed by atoms with van der Waals surface area (Å²) >= 11 is 0. The van der Waals surface area contributed by atoms with E-state index in [0.29, 0.717) is 5.75 Å². The highest BCUT2D eigenvalue weighted by atomic mass is 16.3. The molecule has 20 heavy (non-hydrogen) atoms. The molecule has 0 unspecified atom stereocenters. The molecule has 0 aliphatic carbocycles. The lowest BCUT2D eigenvalue weighted by Crippen LogP contribution is -2.16. The van der Waals surface area contributed by atoms with E-state index in [0.717, 1.165) is 36.2 Å². The summed E-state index contributed by atoms with van der Waals surface area (Å²) in [4.78, 5) is 0. The normalized spacial score (nSPS) is 11.0. The Hall–Kier alpha value is -2.26. The maximum absolute atomic E-state index is 9.22. The van der Waals surface area contributed by atoms with Gasteiger partial charge in [0.2, 0.25) is 0 Å². The van der Waals surface area contributed by atoms with E-state index in [1.165, 1.54) is 5.56 Å². The van der Waals surface area contributed by atoms with Crippen molar-refractivity contribution in [2.24, 2.45) is 0 Å². The Morgan fingerprint density at radius 1 is 1.00 bits per heavy atom. The minimum absolute atomic E-state index is 0.309. The van der Waals surface area contributed by atoms with Gasteiger partial charge in [-0.15, -0.1) is 0 Å². The fourth-order valence-electron chi connectivity index (χ4n) is 2.23. The van der Waals surface area contributed by atoms with Crippen LogP contribution in [0.4, 0.5) is 0 Å². The number of para-hydroxylation sites is 1. The zero-order chi connectivity index (χ0) is 13.8. The zero-order valence-corrected chi connectivity index (χ0v) is 11.2. The minimum Gasteiger partial charge on any atom is -0.508 e. The fraction of sp³-hybridized carbons (Fsp3) is 0.176. The van der Waals surface area contributed by atoms with E-state index in [-0.39, 0.29) is 0 Å². The average molecular weight is 267 g/mol. The van der Waals surface area contributed by atoms with Gasteiger partial charge >= 0.3 is 0 Å². The van der Waals surface area contributed by atoms with Crippen LogP contribution in [0.5, 0.6) is 5.75 Å². The van der Waals surface area contributed by atoms with Crippen LogP contribution in [0.2, 0.25) is 0 Å². The minimum atomic E-state index is 0.309. The summed E-state index contributed by atoms with van der Waals surface area (Å²) in [6.07, 6.45) is 0.931. The summed E-state index contributed by atoms with van der Waals surface area (Å²) in [7, 11) is 0. The summed E-state index contributed by atoms with van der Waals surface area (Å²) in [5.41, 5.74) is 2.14. The molecule has 2 aromatic carbocycles. The lowest BCUT2D eigenvalue weighted by molar-refractivity contribution is 0.475. The molecule has 3 rings (SSSR count). The van der Waals surface area contributed by atoms with Crippen molar-refractivity contribution in [3.05, 3.63) is 65.9 Å². The van der Waals surface area contributed by atoms with Crippen molar-refractivity contribution < 1.29 is 9.52 Å². The molecule has 0 aliphatic heterocycles. The third-order valence-corrected chi connectivity index (χ3v) is 3.30. The highest BCUT2D eigenvalue weighted by Gasteiger charge is 2.02. The molecule has 2 N–H and O–H groups in total. The predicted octanol–water partition coefficient (Wildman–Crippen LogP) is 3.47. The fourth-order valence-corrected chi connectivity index (χ4v) is 2.23. The molecule has 1 aromatic heterocycles. The van der Waals surface area contributed by atoms with Gasteiger partial charge in [0.25, 0.3) is 0 Å². The van der Waals surface area contributed by atoms with Crippen molar-refractivity contribution >= 4 is 11.0 Å². The van der Waals surface area contributed by atoms with Crippen LogP contribution in [0.3, 0.4) is 0 Å². The zero-order valence-electron chi connectivity index (χ0n) is 11.2. The Bertz CT molecular complexity index is 653. The molecule has 0 bridgehead atoms. The second-order valence-corrected chi connectivity index (χ2v) is 4.84. The number of fused-ring (bicyclic) bond motifs is 1. The van der Waals surface area contributed by atoms with Crippen LogP contribution < -0.4 is 5.32 Å². The molecule has 0 saturated carbocycles. The maximum atomic E-state index is 9.22. The molecule has 1 heterocycles. The summed E-state index contributed by atoms with van der Waals surface area (Å²) in [5.74, 6) is 1.26. The Kier molecular flexibility index (Phi) is 3.70. The number of phenolic OH excluding ortho intramolecular Hbond substituents is 1.